The number of hydrogen-bond acceptors (Lipinski definition) is 1. The molecule has 1 atom stereocenters. The van der Waals surface area contributed by atoms with Crippen LogP contribution in [-0.2, 0) is 6.54 Å². The van der Waals surface area contributed by atoms with Crippen LogP contribution in [0.5, 0.6) is 0 Å². The minimum Gasteiger partial charge on any atom is -0.307 e. The molecule has 0 saturated heterocycles. The molecule has 1 nitrogen and oxygen atoms in total. The Morgan fingerprint density at radius 1 is 1.36 bits per heavy atom. The molecule has 14 heavy (non-hydrogen) atoms. The van der Waals surface area contributed by atoms with Gasteiger partial charge in [0.05, 0.1) is 0 Å². The second-order valence-electron chi connectivity index (χ2n) is 3.78. The van der Waals surface area contributed by atoms with Gasteiger partial charge in [0.1, 0.15) is 0 Å². The van der Waals surface area contributed by atoms with Crippen LogP contribution in [0.4, 0.5) is 0 Å². The Hall–Kier alpha value is -1.08. The maximum Gasteiger partial charge on any atom is 0.0222 e. The van der Waals surface area contributed by atoms with Crippen LogP contribution in [0.25, 0.3) is 0 Å². The maximum absolute atomic E-state index is 3.76. The Bertz CT molecular complexity index is 295. The topological polar surface area (TPSA) is 12.0 Å². The normalized spacial score (nSPS) is 12.5. The van der Waals surface area contributed by atoms with E-state index in [0.29, 0.717) is 6.04 Å². The van der Waals surface area contributed by atoms with Gasteiger partial charge >= 0.3 is 0 Å². The van der Waals surface area contributed by atoms with Crippen molar-refractivity contribution in [2.45, 2.75) is 33.4 Å². The first-order valence-electron chi connectivity index (χ1n) is 5.06. The highest BCUT2D eigenvalue weighted by molar-refractivity contribution is 5.33. The van der Waals surface area contributed by atoms with Crippen molar-refractivity contribution in [3.8, 4) is 0 Å². The van der Waals surface area contributed by atoms with Gasteiger partial charge < -0.3 is 5.32 Å². The molecule has 0 radical (unpaired) electrons. The summed E-state index contributed by atoms with van der Waals surface area (Å²) in [6.45, 7) is 11.1. The number of hydrogen-bond donors (Lipinski definition) is 1. The minimum absolute atomic E-state index is 0.369. The van der Waals surface area contributed by atoms with Gasteiger partial charge in [-0.1, -0.05) is 24.3 Å². The molecular weight excluding hydrogens is 170 g/mol. The summed E-state index contributed by atoms with van der Waals surface area (Å²) < 4.78 is 0. The Labute approximate surface area is 86.8 Å². The molecular formula is C13H19N. The molecule has 0 amide bonds. The highest BCUT2D eigenvalue weighted by Gasteiger charge is 2.02. The van der Waals surface area contributed by atoms with Gasteiger partial charge in [-0.3, -0.25) is 0 Å². The summed E-state index contributed by atoms with van der Waals surface area (Å²) in [7, 11) is 0. The standard InChI is InChI=1S/C13H19N/c1-5-12(4)14-9-13-10(2)7-6-8-11(13)3/h5-8,12,14H,1,9H2,2-4H3. The van der Waals surface area contributed by atoms with E-state index in [1.54, 1.807) is 0 Å². The van der Waals surface area contributed by atoms with Crippen LogP contribution in [0, 0.1) is 13.8 Å². The van der Waals surface area contributed by atoms with E-state index in [2.05, 4.69) is 50.9 Å². The van der Waals surface area contributed by atoms with Crippen LogP contribution in [0.1, 0.15) is 23.6 Å². The van der Waals surface area contributed by atoms with Gasteiger partial charge in [0.2, 0.25) is 0 Å². The van der Waals surface area contributed by atoms with Crippen molar-refractivity contribution in [2.24, 2.45) is 0 Å². The molecule has 1 aromatic carbocycles. The maximum atomic E-state index is 3.76. The van der Waals surface area contributed by atoms with Crippen LogP contribution in [0.2, 0.25) is 0 Å². The SMILES string of the molecule is C=CC(C)NCc1c(C)cccc1C. The highest BCUT2D eigenvalue weighted by Crippen LogP contribution is 2.12. The lowest BCUT2D eigenvalue weighted by molar-refractivity contribution is 0.630. The van der Waals surface area contributed by atoms with E-state index in [1.807, 2.05) is 6.08 Å². The molecule has 0 heterocycles. The zero-order valence-electron chi connectivity index (χ0n) is 9.30. The molecule has 1 heteroatoms. The monoisotopic (exact) mass is 189 g/mol. The zero-order chi connectivity index (χ0) is 10.6. The highest BCUT2D eigenvalue weighted by atomic mass is 14.9. The molecule has 1 N–H and O–H groups in total. The van der Waals surface area contributed by atoms with E-state index in [4.69, 9.17) is 0 Å². The molecule has 0 bridgehead atoms. The fraction of sp³-hybridized carbons (Fsp3) is 0.385. The summed E-state index contributed by atoms with van der Waals surface area (Å²) in [5.74, 6) is 0. The molecule has 0 aliphatic heterocycles. The lowest BCUT2D eigenvalue weighted by Crippen LogP contribution is -2.23. The molecule has 0 aliphatic carbocycles. The fourth-order valence-corrected chi connectivity index (χ4v) is 1.47. The van der Waals surface area contributed by atoms with Crippen LogP contribution in [0.3, 0.4) is 0 Å². The van der Waals surface area contributed by atoms with Crippen molar-refractivity contribution in [3.63, 3.8) is 0 Å². The van der Waals surface area contributed by atoms with E-state index < -0.39 is 0 Å². The summed E-state index contributed by atoms with van der Waals surface area (Å²) in [6.07, 6.45) is 1.92. The Balaban J connectivity index is 2.71. The molecule has 0 spiro atoms. The number of benzene rings is 1. The number of nitrogens with one attached hydrogen (secondary N) is 1. The van der Waals surface area contributed by atoms with Crippen LogP contribution in [0.15, 0.2) is 30.9 Å². The van der Waals surface area contributed by atoms with Crippen LogP contribution in [-0.4, -0.2) is 6.04 Å². The lowest BCUT2D eigenvalue weighted by atomic mass is 10.0. The molecule has 0 aliphatic rings. The average molecular weight is 189 g/mol. The van der Waals surface area contributed by atoms with E-state index >= 15 is 0 Å². The van der Waals surface area contributed by atoms with Gasteiger partial charge in [0.15, 0.2) is 0 Å². The van der Waals surface area contributed by atoms with Crippen molar-refractivity contribution in [1.29, 1.82) is 0 Å². The van der Waals surface area contributed by atoms with Crippen molar-refractivity contribution < 1.29 is 0 Å². The Morgan fingerprint density at radius 3 is 2.43 bits per heavy atom. The molecule has 76 valence electrons. The van der Waals surface area contributed by atoms with E-state index in [9.17, 15) is 0 Å². The van der Waals surface area contributed by atoms with Gasteiger partial charge in [0.25, 0.3) is 0 Å². The van der Waals surface area contributed by atoms with E-state index in [1.165, 1.54) is 16.7 Å². The molecule has 1 unspecified atom stereocenters. The van der Waals surface area contributed by atoms with Gasteiger partial charge in [-0.05, 0) is 37.5 Å². The zero-order valence-corrected chi connectivity index (χ0v) is 9.30. The number of aryl methyl sites for hydroxylation is 2. The summed E-state index contributed by atoms with van der Waals surface area (Å²) in [5.41, 5.74) is 4.11. The third kappa shape index (κ3) is 2.71. The van der Waals surface area contributed by atoms with Crippen molar-refractivity contribution in [2.75, 3.05) is 0 Å². The fourth-order valence-electron chi connectivity index (χ4n) is 1.47. The van der Waals surface area contributed by atoms with Crippen LogP contribution >= 0.6 is 0 Å². The predicted octanol–water partition coefficient (Wildman–Crippen LogP) is 2.97. The molecule has 1 rings (SSSR count). The molecule has 0 aromatic heterocycles. The third-order valence-electron chi connectivity index (χ3n) is 2.60. The first kappa shape index (κ1) is 11.0. The summed E-state index contributed by atoms with van der Waals surface area (Å²) in [5, 5.41) is 3.41. The summed E-state index contributed by atoms with van der Waals surface area (Å²) in [4.78, 5) is 0. The quantitative estimate of drug-likeness (QED) is 0.718. The first-order valence-corrected chi connectivity index (χ1v) is 5.06. The Kier molecular flexibility index (Phi) is 3.90. The third-order valence-corrected chi connectivity index (χ3v) is 2.60. The Morgan fingerprint density at radius 2 is 1.93 bits per heavy atom. The minimum atomic E-state index is 0.369. The van der Waals surface area contributed by atoms with E-state index in [0.717, 1.165) is 6.54 Å². The predicted molar refractivity (Wildman–Crippen MR) is 62.4 cm³/mol. The van der Waals surface area contributed by atoms with Crippen molar-refractivity contribution in [3.05, 3.63) is 47.5 Å². The van der Waals surface area contributed by atoms with E-state index in [-0.39, 0.29) is 0 Å². The van der Waals surface area contributed by atoms with Gasteiger partial charge in [-0.25, -0.2) is 0 Å². The number of rotatable bonds is 4. The smallest absolute Gasteiger partial charge is 0.0222 e. The van der Waals surface area contributed by atoms with Crippen molar-refractivity contribution in [1.82, 2.24) is 5.32 Å². The van der Waals surface area contributed by atoms with Gasteiger partial charge in [-0.2, -0.15) is 0 Å². The second-order valence-corrected chi connectivity index (χ2v) is 3.78. The summed E-state index contributed by atoms with van der Waals surface area (Å²) in [6, 6.07) is 6.78. The molecule has 1 aromatic rings. The average Bonchev–Trinajstić information content (AvgIpc) is 2.16. The molecule has 0 saturated carbocycles. The van der Waals surface area contributed by atoms with Crippen LogP contribution < -0.4 is 5.32 Å². The summed E-state index contributed by atoms with van der Waals surface area (Å²) >= 11 is 0. The largest absolute Gasteiger partial charge is 0.307 e. The second kappa shape index (κ2) is 4.97. The van der Waals surface area contributed by atoms with Crippen molar-refractivity contribution >= 4 is 0 Å². The molecule has 0 fully saturated rings. The van der Waals surface area contributed by atoms with Gasteiger partial charge in [-0.15, -0.1) is 6.58 Å². The first-order chi connectivity index (χ1) is 6.65. The lowest BCUT2D eigenvalue weighted by Gasteiger charge is -2.13. The van der Waals surface area contributed by atoms with Gasteiger partial charge in [0, 0.05) is 12.6 Å².